The number of hydrogen-bond acceptors (Lipinski definition) is 3. The lowest BCUT2D eigenvalue weighted by atomic mass is 9.91. The first kappa shape index (κ1) is 15.4. The molecule has 1 amide bonds. The van der Waals surface area contributed by atoms with Gasteiger partial charge in [0.1, 0.15) is 0 Å². The van der Waals surface area contributed by atoms with Gasteiger partial charge in [0.25, 0.3) is 0 Å². The van der Waals surface area contributed by atoms with Gasteiger partial charge in [0.05, 0.1) is 6.26 Å². The molecule has 18 heavy (non-hydrogen) atoms. The van der Waals surface area contributed by atoms with Crippen LogP contribution < -0.4 is 4.72 Å². The number of piperidine rings is 1. The minimum absolute atomic E-state index is 0.0334. The fourth-order valence-corrected chi connectivity index (χ4v) is 2.97. The molecule has 1 unspecified atom stereocenters. The Hall–Kier alpha value is -0.620. The van der Waals surface area contributed by atoms with E-state index in [9.17, 15) is 13.2 Å². The third-order valence-electron chi connectivity index (χ3n) is 2.84. The van der Waals surface area contributed by atoms with Crippen molar-refractivity contribution in [1.82, 2.24) is 9.62 Å². The zero-order valence-corrected chi connectivity index (χ0v) is 12.5. The van der Waals surface area contributed by atoms with E-state index in [4.69, 9.17) is 0 Å². The van der Waals surface area contributed by atoms with E-state index >= 15 is 0 Å². The lowest BCUT2D eigenvalue weighted by Gasteiger charge is -2.34. The Bertz CT molecular complexity index is 398. The molecule has 0 aromatic rings. The van der Waals surface area contributed by atoms with Gasteiger partial charge < -0.3 is 4.90 Å². The zero-order valence-electron chi connectivity index (χ0n) is 11.7. The highest BCUT2D eigenvalue weighted by molar-refractivity contribution is 7.88. The maximum atomic E-state index is 12.1. The number of carbonyl (C=O) groups excluding carboxylic acids is 1. The number of sulfonamides is 1. The zero-order chi connectivity index (χ0) is 14.0. The molecule has 1 N–H and O–H groups in total. The molecule has 1 atom stereocenters. The highest BCUT2D eigenvalue weighted by Crippen LogP contribution is 2.21. The summed E-state index contributed by atoms with van der Waals surface area (Å²) in [5.41, 5.74) is -0.0334. The topological polar surface area (TPSA) is 66.5 Å². The Balaban J connectivity index is 2.56. The molecular formula is C12H24N2O3S. The first-order valence-electron chi connectivity index (χ1n) is 6.32. The van der Waals surface area contributed by atoms with E-state index in [0.717, 1.165) is 25.6 Å². The highest BCUT2D eigenvalue weighted by atomic mass is 32.2. The third-order valence-corrected chi connectivity index (χ3v) is 3.60. The molecule has 1 rings (SSSR count). The van der Waals surface area contributed by atoms with Gasteiger partial charge in [-0.1, -0.05) is 20.8 Å². The maximum absolute atomic E-state index is 12.1. The van der Waals surface area contributed by atoms with Crippen LogP contribution in [0.2, 0.25) is 0 Å². The minimum atomic E-state index is -3.20. The summed E-state index contributed by atoms with van der Waals surface area (Å²) in [6.07, 6.45) is 3.30. The molecule has 1 aliphatic rings. The quantitative estimate of drug-likeness (QED) is 0.835. The van der Waals surface area contributed by atoms with E-state index in [1.54, 1.807) is 4.90 Å². The summed E-state index contributed by atoms with van der Waals surface area (Å²) in [5.74, 6) is 0.113. The van der Waals surface area contributed by atoms with Gasteiger partial charge in [0.2, 0.25) is 15.9 Å². The molecule has 0 saturated carbocycles. The van der Waals surface area contributed by atoms with Crippen molar-refractivity contribution in [3.63, 3.8) is 0 Å². The van der Waals surface area contributed by atoms with Gasteiger partial charge in [-0.05, 0) is 18.3 Å². The van der Waals surface area contributed by atoms with Crippen LogP contribution in [0.1, 0.15) is 40.0 Å². The molecule has 0 radical (unpaired) electrons. The molecule has 106 valence electrons. The van der Waals surface area contributed by atoms with Crippen LogP contribution in [-0.2, 0) is 14.8 Å². The van der Waals surface area contributed by atoms with Crippen molar-refractivity contribution in [1.29, 1.82) is 0 Å². The summed E-state index contributed by atoms with van der Waals surface area (Å²) in [7, 11) is -3.20. The maximum Gasteiger partial charge on any atom is 0.223 e. The van der Waals surface area contributed by atoms with Crippen LogP contribution in [0.25, 0.3) is 0 Å². The second-order valence-corrected chi connectivity index (χ2v) is 8.09. The van der Waals surface area contributed by atoms with Crippen LogP contribution >= 0.6 is 0 Å². The molecule has 0 aromatic heterocycles. The van der Waals surface area contributed by atoms with Crippen LogP contribution in [0.4, 0.5) is 0 Å². The summed E-state index contributed by atoms with van der Waals surface area (Å²) in [6, 6.07) is -0.141. The standard InChI is InChI=1S/C12H24N2O3S/c1-12(2,3)8-11(15)14-7-5-6-10(9-14)13-18(4,16)17/h10,13H,5-9H2,1-4H3. The van der Waals surface area contributed by atoms with Crippen molar-refractivity contribution < 1.29 is 13.2 Å². The third kappa shape index (κ3) is 5.82. The second-order valence-electron chi connectivity index (χ2n) is 6.31. The van der Waals surface area contributed by atoms with E-state index < -0.39 is 10.0 Å². The summed E-state index contributed by atoms with van der Waals surface area (Å²) >= 11 is 0. The molecule has 0 bridgehead atoms. The Morgan fingerprint density at radius 1 is 1.39 bits per heavy atom. The van der Waals surface area contributed by atoms with E-state index in [1.165, 1.54) is 0 Å². The monoisotopic (exact) mass is 276 g/mol. The number of rotatable bonds is 3. The fourth-order valence-electron chi connectivity index (χ4n) is 2.17. The molecule has 1 fully saturated rings. The van der Waals surface area contributed by atoms with Gasteiger partial charge >= 0.3 is 0 Å². The highest BCUT2D eigenvalue weighted by Gasteiger charge is 2.27. The summed E-state index contributed by atoms with van der Waals surface area (Å²) < 4.78 is 25.0. The smallest absolute Gasteiger partial charge is 0.223 e. The van der Waals surface area contributed by atoms with Crippen molar-refractivity contribution in [3.8, 4) is 0 Å². The largest absolute Gasteiger partial charge is 0.341 e. The van der Waals surface area contributed by atoms with Crippen molar-refractivity contribution in [2.24, 2.45) is 5.41 Å². The van der Waals surface area contributed by atoms with Crippen molar-refractivity contribution >= 4 is 15.9 Å². The number of amides is 1. The van der Waals surface area contributed by atoms with Gasteiger partial charge in [0.15, 0.2) is 0 Å². The Morgan fingerprint density at radius 3 is 2.50 bits per heavy atom. The predicted molar refractivity (Wildman–Crippen MR) is 71.7 cm³/mol. The Labute approximate surface area is 110 Å². The first-order chi connectivity index (χ1) is 8.07. The lowest BCUT2D eigenvalue weighted by Crippen LogP contribution is -2.49. The van der Waals surface area contributed by atoms with Crippen molar-refractivity contribution in [2.45, 2.75) is 46.1 Å². The number of likely N-dealkylation sites (tertiary alicyclic amines) is 1. The number of nitrogens with one attached hydrogen (secondary N) is 1. The molecule has 0 spiro atoms. The molecule has 6 heteroatoms. The van der Waals surface area contributed by atoms with Crippen LogP contribution in [0.5, 0.6) is 0 Å². The van der Waals surface area contributed by atoms with Crippen LogP contribution in [-0.4, -0.2) is 44.6 Å². The second kappa shape index (κ2) is 5.57. The fraction of sp³-hybridized carbons (Fsp3) is 0.917. The number of hydrogen-bond donors (Lipinski definition) is 1. The van der Waals surface area contributed by atoms with E-state index in [0.29, 0.717) is 13.0 Å². The lowest BCUT2D eigenvalue weighted by molar-refractivity contribution is -0.134. The molecule has 1 aliphatic heterocycles. The minimum Gasteiger partial charge on any atom is -0.341 e. The summed E-state index contributed by atoms with van der Waals surface area (Å²) in [5, 5.41) is 0. The molecule has 1 heterocycles. The summed E-state index contributed by atoms with van der Waals surface area (Å²) in [6.45, 7) is 7.31. The molecule has 0 aliphatic carbocycles. The van der Waals surface area contributed by atoms with Crippen LogP contribution in [0, 0.1) is 5.41 Å². The van der Waals surface area contributed by atoms with E-state index in [-0.39, 0.29) is 17.4 Å². The van der Waals surface area contributed by atoms with Gasteiger partial charge in [-0.15, -0.1) is 0 Å². The number of nitrogens with zero attached hydrogens (tertiary/aromatic N) is 1. The Morgan fingerprint density at radius 2 is 2.00 bits per heavy atom. The molecule has 1 saturated heterocycles. The molecule has 5 nitrogen and oxygen atoms in total. The average molecular weight is 276 g/mol. The average Bonchev–Trinajstić information content (AvgIpc) is 2.12. The van der Waals surface area contributed by atoms with Gasteiger partial charge in [0, 0.05) is 25.6 Å². The Kier molecular flexibility index (Phi) is 4.78. The van der Waals surface area contributed by atoms with Gasteiger partial charge in [-0.25, -0.2) is 13.1 Å². The predicted octanol–water partition coefficient (Wildman–Crippen LogP) is 0.963. The first-order valence-corrected chi connectivity index (χ1v) is 8.21. The molecular weight excluding hydrogens is 252 g/mol. The summed E-state index contributed by atoms with van der Waals surface area (Å²) in [4.78, 5) is 13.8. The van der Waals surface area contributed by atoms with Crippen molar-refractivity contribution in [3.05, 3.63) is 0 Å². The van der Waals surface area contributed by atoms with Gasteiger partial charge in [-0.3, -0.25) is 4.79 Å². The van der Waals surface area contributed by atoms with Crippen LogP contribution in [0.3, 0.4) is 0 Å². The number of carbonyl (C=O) groups is 1. The SMILES string of the molecule is CC(C)(C)CC(=O)N1CCCC(NS(C)(=O)=O)C1. The van der Waals surface area contributed by atoms with E-state index in [2.05, 4.69) is 4.72 Å². The van der Waals surface area contributed by atoms with Crippen LogP contribution in [0.15, 0.2) is 0 Å². The van der Waals surface area contributed by atoms with Gasteiger partial charge in [-0.2, -0.15) is 0 Å². The van der Waals surface area contributed by atoms with Crippen molar-refractivity contribution in [2.75, 3.05) is 19.3 Å². The molecule has 0 aromatic carbocycles. The normalized spacial score (nSPS) is 22.0. The van der Waals surface area contributed by atoms with E-state index in [1.807, 2.05) is 20.8 Å².